The predicted molar refractivity (Wildman–Crippen MR) is 69.8 cm³/mol. The lowest BCUT2D eigenvalue weighted by Crippen LogP contribution is -2.39. The van der Waals surface area contributed by atoms with Gasteiger partial charge in [-0.2, -0.15) is 0 Å². The highest BCUT2D eigenvalue weighted by Gasteiger charge is 2.43. The van der Waals surface area contributed by atoms with Crippen LogP contribution < -0.4 is 5.32 Å². The van der Waals surface area contributed by atoms with Crippen LogP contribution in [0.4, 0.5) is 0 Å². The lowest BCUT2D eigenvalue weighted by atomic mass is 10.1. The Labute approximate surface area is 117 Å². The Hall–Kier alpha value is -1.18. The molecule has 2 aliphatic heterocycles. The molecule has 3 N–H and O–H groups in total. The van der Waals surface area contributed by atoms with E-state index in [1.165, 1.54) is 6.92 Å². The summed E-state index contributed by atoms with van der Waals surface area (Å²) in [6, 6.07) is 0. The maximum Gasteiger partial charge on any atom is 0.225 e. The van der Waals surface area contributed by atoms with Gasteiger partial charge in [0, 0.05) is 26.6 Å². The van der Waals surface area contributed by atoms with Crippen molar-refractivity contribution in [3.8, 4) is 0 Å². The van der Waals surface area contributed by atoms with Gasteiger partial charge in [-0.05, 0) is 12.8 Å². The normalized spacial score (nSPS) is 33.5. The smallest absolute Gasteiger partial charge is 0.225 e. The summed E-state index contributed by atoms with van der Waals surface area (Å²) in [4.78, 5) is 24.6. The van der Waals surface area contributed by atoms with E-state index in [-0.39, 0.29) is 24.8 Å². The minimum Gasteiger partial charge on any atom is -0.388 e. The van der Waals surface area contributed by atoms with Crippen LogP contribution in [-0.2, 0) is 14.3 Å². The van der Waals surface area contributed by atoms with E-state index in [2.05, 4.69) is 5.32 Å². The molecule has 4 atom stereocenters. The third-order valence-electron chi connectivity index (χ3n) is 3.85. The number of carbonyl (C=O) groups excluding carboxylic acids is 2. The molecule has 2 rings (SSSR count). The number of aliphatic hydroxyl groups excluding tert-OH is 2. The molecule has 114 valence electrons. The van der Waals surface area contributed by atoms with Gasteiger partial charge in [-0.1, -0.05) is 0 Å². The number of aliphatic hydroxyl groups is 2. The number of carbonyl (C=O) groups is 2. The minimum atomic E-state index is -1.10. The molecule has 0 radical (unpaired) electrons. The van der Waals surface area contributed by atoms with Gasteiger partial charge in [-0.3, -0.25) is 9.59 Å². The first-order valence-electron chi connectivity index (χ1n) is 7.03. The molecule has 0 saturated carbocycles. The zero-order valence-corrected chi connectivity index (χ0v) is 11.6. The molecular weight excluding hydrogens is 264 g/mol. The quantitative estimate of drug-likeness (QED) is 0.592. The highest BCUT2D eigenvalue weighted by atomic mass is 16.5. The van der Waals surface area contributed by atoms with E-state index < -0.39 is 24.4 Å². The van der Waals surface area contributed by atoms with Crippen molar-refractivity contribution < 1.29 is 24.5 Å². The lowest BCUT2D eigenvalue weighted by molar-refractivity contribution is -0.134. The van der Waals surface area contributed by atoms with Gasteiger partial charge in [-0.25, -0.2) is 0 Å². The van der Waals surface area contributed by atoms with Crippen molar-refractivity contribution in [1.82, 2.24) is 10.2 Å². The predicted octanol–water partition coefficient (Wildman–Crippen LogP) is -1.38. The van der Waals surface area contributed by atoms with E-state index in [4.69, 9.17) is 4.74 Å². The number of rotatable bonds is 4. The van der Waals surface area contributed by atoms with Crippen LogP contribution >= 0.6 is 0 Å². The Morgan fingerprint density at radius 2 is 1.80 bits per heavy atom. The molecule has 7 heteroatoms. The summed E-state index contributed by atoms with van der Waals surface area (Å²) in [5.41, 5.74) is 0. The second-order valence-corrected chi connectivity index (χ2v) is 5.42. The van der Waals surface area contributed by atoms with Crippen LogP contribution in [0.5, 0.6) is 0 Å². The first-order valence-corrected chi connectivity index (χ1v) is 7.03. The molecule has 0 aromatic rings. The zero-order valence-electron chi connectivity index (χ0n) is 11.6. The highest BCUT2D eigenvalue weighted by Crippen LogP contribution is 2.24. The van der Waals surface area contributed by atoms with Gasteiger partial charge in [-0.15, -0.1) is 0 Å². The van der Waals surface area contributed by atoms with Gasteiger partial charge < -0.3 is 25.2 Å². The van der Waals surface area contributed by atoms with Crippen LogP contribution in [0.25, 0.3) is 0 Å². The highest BCUT2D eigenvalue weighted by molar-refractivity contribution is 5.77. The molecule has 0 aliphatic carbocycles. The standard InChI is InChI=1S/C13H22N2O5/c1-8(16)14-7-10-13(19)12(18)9(20-10)6-11(17)15-4-2-3-5-15/h9-10,12-13,18-19H,2-7H2,1H3,(H,14,16). The van der Waals surface area contributed by atoms with Gasteiger partial charge in [0.15, 0.2) is 0 Å². The van der Waals surface area contributed by atoms with Crippen LogP contribution in [0.15, 0.2) is 0 Å². The summed E-state index contributed by atoms with van der Waals surface area (Å²) in [6.45, 7) is 2.99. The lowest BCUT2D eigenvalue weighted by Gasteiger charge is -2.19. The first kappa shape index (κ1) is 15.2. The molecule has 4 unspecified atom stereocenters. The Morgan fingerprint density at radius 1 is 1.20 bits per heavy atom. The Balaban J connectivity index is 1.85. The third-order valence-corrected chi connectivity index (χ3v) is 3.85. The van der Waals surface area contributed by atoms with E-state index in [1.54, 1.807) is 4.90 Å². The summed E-state index contributed by atoms with van der Waals surface area (Å²) >= 11 is 0. The molecule has 2 saturated heterocycles. The summed E-state index contributed by atoms with van der Waals surface area (Å²) < 4.78 is 5.50. The second-order valence-electron chi connectivity index (χ2n) is 5.42. The van der Waals surface area contributed by atoms with Gasteiger partial charge >= 0.3 is 0 Å². The maximum absolute atomic E-state index is 12.0. The van der Waals surface area contributed by atoms with Crippen molar-refractivity contribution in [3.63, 3.8) is 0 Å². The molecule has 0 aromatic carbocycles. The Morgan fingerprint density at radius 3 is 2.40 bits per heavy atom. The average Bonchev–Trinajstić information content (AvgIpc) is 3.01. The SMILES string of the molecule is CC(=O)NCC1OC(CC(=O)N2CCCC2)C(O)C1O. The third kappa shape index (κ3) is 3.47. The van der Waals surface area contributed by atoms with Gasteiger partial charge in [0.1, 0.15) is 18.3 Å². The van der Waals surface area contributed by atoms with E-state index in [1.807, 2.05) is 0 Å². The van der Waals surface area contributed by atoms with E-state index in [0.717, 1.165) is 25.9 Å². The van der Waals surface area contributed by atoms with Crippen LogP contribution in [0.3, 0.4) is 0 Å². The van der Waals surface area contributed by atoms with Crippen molar-refractivity contribution in [3.05, 3.63) is 0 Å². The van der Waals surface area contributed by atoms with E-state index >= 15 is 0 Å². The minimum absolute atomic E-state index is 0.0565. The topological polar surface area (TPSA) is 99.1 Å². The fourth-order valence-electron chi connectivity index (χ4n) is 2.68. The summed E-state index contributed by atoms with van der Waals surface area (Å²) in [7, 11) is 0. The Kier molecular flexibility index (Phi) is 4.95. The molecule has 20 heavy (non-hydrogen) atoms. The van der Waals surface area contributed by atoms with E-state index in [9.17, 15) is 19.8 Å². The van der Waals surface area contributed by atoms with Crippen molar-refractivity contribution in [2.75, 3.05) is 19.6 Å². The first-order chi connectivity index (χ1) is 9.49. The van der Waals surface area contributed by atoms with Crippen LogP contribution in [0.2, 0.25) is 0 Å². The van der Waals surface area contributed by atoms with Crippen LogP contribution in [0.1, 0.15) is 26.2 Å². The number of nitrogens with one attached hydrogen (secondary N) is 1. The number of hydrogen-bond acceptors (Lipinski definition) is 5. The van der Waals surface area contributed by atoms with E-state index in [0.29, 0.717) is 0 Å². The fourth-order valence-corrected chi connectivity index (χ4v) is 2.68. The average molecular weight is 286 g/mol. The van der Waals surface area contributed by atoms with Crippen molar-refractivity contribution >= 4 is 11.8 Å². The Bertz CT molecular complexity index is 370. The van der Waals surface area contributed by atoms with Crippen molar-refractivity contribution in [2.45, 2.75) is 50.6 Å². The molecule has 2 heterocycles. The molecule has 2 aliphatic rings. The number of likely N-dealkylation sites (tertiary alicyclic amines) is 1. The molecule has 7 nitrogen and oxygen atoms in total. The van der Waals surface area contributed by atoms with Crippen LogP contribution in [-0.4, -0.2) is 71.0 Å². The van der Waals surface area contributed by atoms with Gasteiger partial charge in [0.2, 0.25) is 11.8 Å². The zero-order chi connectivity index (χ0) is 14.7. The number of ether oxygens (including phenoxy) is 1. The molecule has 0 spiro atoms. The number of amides is 2. The molecule has 2 fully saturated rings. The summed E-state index contributed by atoms with van der Waals surface area (Å²) in [6.07, 6.45) is -1.49. The second kappa shape index (κ2) is 6.51. The van der Waals surface area contributed by atoms with Crippen molar-refractivity contribution in [1.29, 1.82) is 0 Å². The fraction of sp³-hybridized carbons (Fsp3) is 0.846. The van der Waals surface area contributed by atoms with Gasteiger partial charge in [0.05, 0.1) is 12.5 Å². The number of nitrogens with zero attached hydrogens (tertiary/aromatic N) is 1. The molecule has 0 aromatic heterocycles. The summed E-state index contributed by atoms with van der Waals surface area (Å²) in [5, 5.41) is 22.3. The maximum atomic E-state index is 12.0. The van der Waals surface area contributed by atoms with Crippen molar-refractivity contribution in [2.24, 2.45) is 0 Å². The van der Waals surface area contributed by atoms with Gasteiger partial charge in [0.25, 0.3) is 0 Å². The largest absolute Gasteiger partial charge is 0.388 e. The number of hydrogen-bond donors (Lipinski definition) is 3. The summed E-state index contributed by atoms with van der Waals surface area (Å²) in [5.74, 6) is -0.286. The molecular formula is C13H22N2O5. The molecule has 2 amide bonds. The molecule has 0 bridgehead atoms. The monoisotopic (exact) mass is 286 g/mol. The van der Waals surface area contributed by atoms with Crippen LogP contribution in [0, 0.1) is 0 Å².